The first-order chi connectivity index (χ1) is 16.1. The van der Waals surface area contributed by atoms with Gasteiger partial charge in [-0.05, 0) is 71.9 Å². The molecule has 0 saturated carbocycles. The van der Waals surface area contributed by atoms with Gasteiger partial charge in [0.15, 0.2) is 5.90 Å². The lowest BCUT2D eigenvalue weighted by Crippen LogP contribution is -2.59. The second kappa shape index (κ2) is 9.44. The van der Waals surface area contributed by atoms with Gasteiger partial charge < -0.3 is 29.1 Å². The van der Waals surface area contributed by atoms with Gasteiger partial charge in [-0.25, -0.2) is 4.79 Å². The van der Waals surface area contributed by atoms with E-state index in [1.807, 2.05) is 0 Å². The van der Waals surface area contributed by atoms with Gasteiger partial charge in [-0.15, -0.1) is 10.6 Å². The quantitative estimate of drug-likeness (QED) is 0.635. The van der Waals surface area contributed by atoms with Crippen molar-refractivity contribution in [3.8, 4) is 0 Å². The number of likely N-dealkylation sites (tertiary alicyclic amines) is 1. The predicted octanol–water partition coefficient (Wildman–Crippen LogP) is 2.27. The minimum atomic E-state index is -2.01. The van der Waals surface area contributed by atoms with Gasteiger partial charge in [0.1, 0.15) is 6.61 Å². The molecule has 1 fully saturated rings. The molecule has 0 aromatic heterocycles. The third kappa shape index (κ3) is 4.39. The molecule has 0 unspecified atom stereocenters. The third-order valence-electron chi connectivity index (χ3n) is 7.01. The van der Waals surface area contributed by atoms with Crippen LogP contribution in [0.25, 0.3) is 0 Å². The number of ether oxygens (including phenoxy) is 2. The fourth-order valence-corrected chi connectivity index (χ4v) is 5.86. The fraction of sp³-hybridized carbons (Fsp3) is 0.565. The minimum absolute atomic E-state index is 0.116. The van der Waals surface area contributed by atoms with Crippen LogP contribution in [0.4, 0.5) is 10.5 Å². The Morgan fingerprint density at radius 3 is 2.55 bits per heavy atom. The van der Waals surface area contributed by atoms with Crippen LogP contribution < -0.4 is 11.1 Å². The number of anilines is 1. The van der Waals surface area contributed by atoms with E-state index in [-0.39, 0.29) is 22.9 Å². The Labute approximate surface area is 195 Å². The van der Waals surface area contributed by atoms with Crippen LogP contribution in [0.2, 0.25) is 0 Å². The van der Waals surface area contributed by atoms with Crippen molar-refractivity contribution >= 4 is 28.2 Å². The van der Waals surface area contributed by atoms with E-state index in [1.54, 1.807) is 7.11 Å². The van der Waals surface area contributed by atoms with Crippen molar-refractivity contribution in [3.63, 3.8) is 0 Å². The van der Waals surface area contributed by atoms with E-state index in [9.17, 15) is 9.00 Å². The van der Waals surface area contributed by atoms with Gasteiger partial charge in [-0.3, -0.25) is 9.89 Å². The van der Waals surface area contributed by atoms with E-state index in [0.717, 1.165) is 63.5 Å². The lowest BCUT2D eigenvalue weighted by Gasteiger charge is -2.43. The molecule has 10 heteroatoms. The number of carbonyl (C=O) groups excluding carboxylic acids is 1. The molecule has 0 bridgehead atoms. The van der Waals surface area contributed by atoms with E-state index < -0.39 is 16.6 Å². The number of nitrogens with two attached hydrogens (primary N) is 1. The summed E-state index contributed by atoms with van der Waals surface area (Å²) in [6, 6.07) is 1.81. The van der Waals surface area contributed by atoms with Gasteiger partial charge in [0, 0.05) is 25.9 Å². The molecule has 1 aromatic carbocycles. The van der Waals surface area contributed by atoms with Crippen LogP contribution in [0.1, 0.15) is 35.1 Å². The molecule has 1 atom stereocenters. The van der Waals surface area contributed by atoms with Crippen molar-refractivity contribution < 1.29 is 18.5 Å². The number of nitrogens with one attached hydrogen (secondary N) is 1. The molecule has 2 amide bonds. The van der Waals surface area contributed by atoms with Crippen molar-refractivity contribution in [1.82, 2.24) is 4.90 Å². The summed E-state index contributed by atoms with van der Waals surface area (Å²) in [6.07, 6.45) is 7.57. The summed E-state index contributed by atoms with van der Waals surface area (Å²) in [5.41, 5.74) is 11.6. The number of fused-ring (bicyclic) bond motifs is 2. The number of aliphatic imine (C=N–C) groups is 1. The van der Waals surface area contributed by atoms with Crippen LogP contribution in [-0.4, -0.2) is 62.3 Å². The lowest BCUT2D eigenvalue weighted by molar-refractivity contribution is -0.0590. The van der Waals surface area contributed by atoms with E-state index in [2.05, 4.69) is 25.6 Å². The summed E-state index contributed by atoms with van der Waals surface area (Å²) in [5.74, 6) is 0.189. The second-order valence-corrected chi connectivity index (χ2v) is 10.1. The fourth-order valence-electron chi connectivity index (χ4n) is 5.17. The molecule has 5 rings (SSSR count). The van der Waals surface area contributed by atoms with E-state index in [0.29, 0.717) is 13.2 Å². The van der Waals surface area contributed by atoms with Gasteiger partial charge in [-0.2, -0.15) is 0 Å². The SMILES string of the molecule is COC1CN([C@H]2CN=C(C(=CN)[S-](=O)=NC(=O)Nc3c4c(cc5c3CCC5)CCC4)OC2)C1. The zero-order valence-corrected chi connectivity index (χ0v) is 19.7. The Hall–Kier alpha value is -2.43. The number of rotatable bonds is 5. The van der Waals surface area contributed by atoms with Crippen molar-refractivity contribution in [2.75, 3.05) is 38.7 Å². The predicted molar refractivity (Wildman–Crippen MR) is 127 cm³/mol. The molecule has 0 radical (unpaired) electrons. The van der Waals surface area contributed by atoms with Crippen molar-refractivity contribution in [2.24, 2.45) is 15.1 Å². The van der Waals surface area contributed by atoms with Crippen LogP contribution in [0.5, 0.6) is 0 Å². The highest BCUT2D eigenvalue weighted by Crippen LogP contribution is 2.38. The van der Waals surface area contributed by atoms with E-state index >= 15 is 0 Å². The number of urea groups is 1. The van der Waals surface area contributed by atoms with Gasteiger partial charge in [0.2, 0.25) is 0 Å². The molecule has 3 N–H and O–H groups in total. The molecule has 2 heterocycles. The summed E-state index contributed by atoms with van der Waals surface area (Å²) in [4.78, 5) is 19.5. The average molecular weight is 473 g/mol. The molecule has 9 nitrogen and oxygen atoms in total. The molecule has 2 aliphatic heterocycles. The molecule has 33 heavy (non-hydrogen) atoms. The molecule has 1 saturated heterocycles. The standard InChI is InChI=1S/C23H30N5O4S/c1-31-17-11-28(12-17)16-10-25-22(32-13-16)20(9-24)33(30)27-23(29)26-21-18-6-2-4-14(18)8-15-5-3-7-19(15)21/h8-9,16-17H,2-7,10-13,24H2,1H3,(H,26,29)/q-1/t16-/m0/s1. The second-order valence-electron chi connectivity index (χ2n) is 8.96. The summed E-state index contributed by atoms with van der Waals surface area (Å²) < 4.78 is 27.8. The smallest absolute Gasteiger partial charge is 0.322 e. The number of hydrogen-bond acceptors (Lipinski definition) is 8. The van der Waals surface area contributed by atoms with Crippen LogP contribution in [0, 0.1) is 0 Å². The Kier molecular flexibility index (Phi) is 6.40. The summed E-state index contributed by atoms with van der Waals surface area (Å²) in [7, 11) is -0.303. The number of aryl methyl sites for hydroxylation is 2. The normalized spacial score (nSPS) is 24.0. The third-order valence-corrected chi connectivity index (χ3v) is 8.02. The zero-order valence-electron chi connectivity index (χ0n) is 18.8. The monoisotopic (exact) mass is 472 g/mol. The molecule has 4 aliphatic rings. The lowest BCUT2D eigenvalue weighted by atomic mass is 9.99. The number of amides is 2. The van der Waals surface area contributed by atoms with Crippen molar-refractivity contribution in [2.45, 2.75) is 50.7 Å². The highest BCUT2D eigenvalue weighted by molar-refractivity contribution is 7.80. The number of nitrogens with zero attached hydrogens (tertiary/aromatic N) is 3. The van der Waals surface area contributed by atoms with Gasteiger partial charge in [0.05, 0.1) is 18.7 Å². The summed E-state index contributed by atoms with van der Waals surface area (Å²) in [5, 5.41) is 2.94. The first kappa shape index (κ1) is 22.4. The van der Waals surface area contributed by atoms with Crippen molar-refractivity contribution in [3.05, 3.63) is 39.4 Å². The summed E-state index contributed by atoms with van der Waals surface area (Å²) in [6.45, 7) is 2.62. The Balaban J connectivity index is 1.28. The average Bonchev–Trinajstić information content (AvgIpc) is 3.44. The number of hydrogen-bond donors (Lipinski definition) is 2. The Morgan fingerprint density at radius 1 is 1.27 bits per heavy atom. The van der Waals surface area contributed by atoms with Crippen LogP contribution in [0.15, 0.2) is 26.5 Å². The maximum atomic E-state index is 12.9. The summed E-state index contributed by atoms with van der Waals surface area (Å²) >= 11 is 0. The topological polar surface area (TPSA) is 119 Å². The number of carbonyl (C=O) groups is 1. The first-order valence-corrected chi connectivity index (χ1v) is 12.7. The molecule has 178 valence electrons. The molecule has 1 aromatic rings. The Bertz CT molecular complexity index is 1070. The molecule has 2 aliphatic carbocycles. The largest absolute Gasteiger partial charge is 0.477 e. The number of benzene rings is 1. The van der Waals surface area contributed by atoms with E-state index in [1.165, 1.54) is 22.3 Å². The van der Waals surface area contributed by atoms with Crippen LogP contribution in [-0.2, 0) is 50.0 Å². The molecule has 0 spiro atoms. The van der Waals surface area contributed by atoms with Crippen LogP contribution in [0.3, 0.4) is 0 Å². The molecular weight excluding hydrogens is 442 g/mol. The highest BCUT2D eigenvalue weighted by atomic mass is 32.2. The van der Waals surface area contributed by atoms with Gasteiger partial charge in [0.25, 0.3) is 0 Å². The van der Waals surface area contributed by atoms with Gasteiger partial charge >= 0.3 is 6.03 Å². The first-order valence-electron chi connectivity index (χ1n) is 11.5. The maximum absolute atomic E-state index is 12.9. The Morgan fingerprint density at radius 2 is 1.97 bits per heavy atom. The maximum Gasteiger partial charge on any atom is 0.322 e. The number of methoxy groups -OCH3 is 1. The van der Waals surface area contributed by atoms with Crippen molar-refractivity contribution in [1.29, 1.82) is 0 Å². The van der Waals surface area contributed by atoms with E-state index in [4.69, 9.17) is 15.2 Å². The minimum Gasteiger partial charge on any atom is -0.477 e. The molecular formula is C23H30N5O4S-. The van der Waals surface area contributed by atoms with Gasteiger partial charge in [-0.1, -0.05) is 6.07 Å². The van der Waals surface area contributed by atoms with Crippen LogP contribution >= 0.6 is 0 Å². The highest BCUT2D eigenvalue weighted by Gasteiger charge is 2.34. The zero-order chi connectivity index (χ0) is 22.9.